The zero-order chi connectivity index (χ0) is 26.2. The fraction of sp³-hybridized carbons (Fsp3) is 0.379. The molecule has 4 aromatic rings. The van der Waals surface area contributed by atoms with Gasteiger partial charge in [0.25, 0.3) is 0 Å². The Kier molecular flexibility index (Phi) is 6.45. The second kappa shape index (κ2) is 10.1. The van der Waals surface area contributed by atoms with Crippen molar-refractivity contribution in [2.45, 2.75) is 37.6 Å². The number of hydrogen-bond donors (Lipinski definition) is 2. The summed E-state index contributed by atoms with van der Waals surface area (Å²) < 4.78 is 7.69. The van der Waals surface area contributed by atoms with Gasteiger partial charge in [-0.25, -0.2) is 14.6 Å². The van der Waals surface area contributed by atoms with Crippen molar-refractivity contribution in [1.82, 2.24) is 24.6 Å². The first-order chi connectivity index (χ1) is 18.5. The molecule has 1 saturated heterocycles. The Bertz CT molecular complexity index is 1460. The first-order valence-corrected chi connectivity index (χ1v) is 13.2. The summed E-state index contributed by atoms with van der Waals surface area (Å²) in [4.78, 5) is 24.0. The van der Waals surface area contributed by atoms with Crippen molar-refractivity contribution in [2.24, 2.45) is 5.92 Å². The molecule has 2 fully saturated rings. The average molecular weight is 512 g/mol. The Balaban J connectivity index is 1.24. The smallest absolute Gasteiger partial charge is 0.224 e. The lowest BCUT2D eigenvalue weighted by Crippen LogP contribution is -2.31. The van der Waals surface area contributed by atoms with E-state index in [1.54, 1.807) is 7.11 Å². The standard InChI is InChI=1S/C29H33N7O2/c1-35-12-10-21(11-13-35)36-29-26(28(30)31-17-32-29)27(34-36)19-8-9-23(24(15-19)38-2)33-25(37)16-20-14-22(20)18-6-4-3-5-7-18/h3-9,15,17,20-22H,10-14,16H2,1-2H3,(H,33,37)(H2,30,31,32)/t20-,22-/m0/s1. The third-order valence-electron chi connectivity index (χ3n) is 7.90. The van der Waals surface area contributed by atoms with E-state index in [0.717, 1.165) is 54.6 Å². The van der Waals surface area contributed by atoms with Gasteiger partial charge in [0.15, 0.2) is 5.65 Å². The highest BCUT2D eigenvalue weighted by molar-refractivity contribution is 5.99. The second-order valence-electron chi connectivity index (χ2n) is 10.5. The van der Waals surface area contributed by atoms with E-state index in [-0.39, 0.29) is 11.9 Å². The average Bonchev–Trinajstić information content (AvgIpc) is 3.58. The highest BCUT2D eigenvalue weighted by atomic mass is 16.5. The van der Waals surface area contributed by atoms with Crippen LogP contribution in [0.3, 0.4) is 0 Å². The molecule has 3 N–H and O–H groups in total. The Hall–Kier alpha value is -3.98. The van der Waals surface area contributed by atoms with Gasteiger partial charge >= 0.3 is 0 Å². The fourth-order valence-electron chi connectivity index (χ4n) is 5.65. The summed E-state index contributed by atoms with van der Waals surface area (Å²) in [6.45, 7) is 2.02. The van der Waals surface area contributed by atoms with Crippen LogP contribution in [-0.4, -0.2) is 57.8 Å². The first-order valence-electron chi connectivity index (χ1n) is 13.2. The molecule has 2 atom stereocenters. The minimum atomic E-state index is -0.00544. The summed E-state index contributed by atoms with van der Waals surface area (Å²) in [6, 6.07) is 16.4. The van der Waals surface area contributed by atoms with Gasteiger partial charge in [-0.05, 0) is 68.9 Å². The van der Waals surface area contributed by atoms with Crippen molar-refractivity contribution in [3.05, 3.63) is 60.4 Å². The number of carbonyl (C=O) groups excluding carboxylic acids is 1. The van der Waals surface area contributed by atoms with Crippen molar-refractivity contribution < 1.29 is 9.53 Å². The summed E-state index contributed by atoms with van der Waals surface area (Å²) >= 11 is 0. The number of aromatic nitrogens is 4. The zero-order valence-electron chi connectivity index (χ0n) is 21.8. The van der Waals surface area contributed by atoms with Gasteiger partial charge in [-0.15, -0.1) is 0 Å². The van der Waals surface area contributed by atoms with Gasteiger partial charge in [0.1, 0.15) is 23.6 Å². The third kappa shape index (κ3) is 4.69. The molecule has 0 radical (unpaired) electrons. The Morgan fingerprint density at radius 2 is 1.92 bits per heavy atom. The number of likely N-dealkylation sites (tertiary alicyclic amines) is 1. The molecule has 1 amide bonds. The number of benzene rings is 2. The highest BCUT2D eigenvalue weighted by Crippen LogP contribution is 2.49. The van der Waals surface area contributed by atoms with Crippen LogP contribution in [0.4, 0.5) is 11.5 Å². The fourth-order valence-corrected chi connectivity index (χ4v) is 5.65. The molecule has 1 aliphatic heterocycles. The van der Waals surface area contributed by atoms with E-state index in [9.17, 15) is 4.79 Å². The highest BCUT2D eigenvalue weighted by Gasteiger charge is 2.39. The van der Waals surface area contributed by atoms with Crippen molar-refractivity contribution in [2.75, 3.05) is 38.3 Å². The number of fused-ring (bicyclic) bond motifs is 1. The number of anilines is 2. The molecule has 1 saturated carbocycles. The number of piperidine rings is 1. The summed E-state index contributed by atoms with van der Waals surface area (Å²) in [6.07, 6.45) is 5.03. The molecule has 1 aliphatic carbocycles. The van der Waals surface area contributed by atoms with E-state index < -0.39 is 0 Å². The van der Waals surface area contributed by atoms with Crippen LogP contribution >= 0.6 is 0 Å². The first kappa shape index (κ1) is 24.4. The molecule has 2 aromatic heterocycles. The molecule has 2 aromatic carbocycles. The van der Waals surface area contributed by atoms with Gasteiger partial charge in [-0.3, -0.25) is 4.79 Å². The van der Waals surface area contributed by atoms with Gasteiger partial charge in [-0.1, -0.05) is 36.4 Å². The topological polar surface area (TPSA) is 111 Å². The largest absolute Gasteiger partial charge is 0.495 e. The Morgan fingerprint density at radius 3 is 2.68 bits per heavy atom. The van der Waals surface area contributed by atoms with Crippen molar-refractivity contribution >= 4 is 28.4 Å². The minimum Gasteiger partial charge on any atom is -0.495 e. The SMILES string of the molecule is COc1cc(-c2nn(C3CCN(C)CC3)c3ncnc(N)c23)ccc1NC(=O)C[C@@H]1C[C@H]1c1ccccc1. The van der Waals surface area contributed by atoms with Crippen LogP contribution in [-0.2, 0) is 4.79 Å². The number of nitrogens with two attached hydrogens (primary N) is 1. The normalized spacial score (nSPS) is 19.9. The molecule has 9 heteroatoms. The van der Waals surface area contributed by atoms with Gasteiger partial charge in [0.05, 0.1) is 24.2 Å². The van der Waals surface area contributed by atoms with Gasteiger partial charge < -0.3 is 20.7 Å². The summed E-state index contributed by atoms with van der Waals surface area (Å²) in [5, 5.41) is 8.78. The predicted octanol–water partition coefficient (Wildman–Crippen LogP) is 4.48. The van der Waals surface area contributed by atoms with E-state index in [2.05, 4.69) is 51.5 Å². The molecule has 2 aliphatic rings. The monoisotopic (exact) mass is 511 g/mol. The molecule has 3 heterocycles. The van der Waals surface area contributed by atoms with Crippen molar-refractivity contribution in [3.63, 3.8) is 0 Å². The molecule has 6 rings (SSSR count). The number of carbonyl (C=O) groups is 1. The maximum Gasteiger partial charge on any atom is 0.224 e. The van der Waals surface area contributed by atoms with Crippen LogP contribution in [0.5, 0.6) is 5.75 Å². The number of rotatable bonds is 7. The lowest BCUT2D eigenvalue weighted by atomic mass is 10.1. The zero-order valence-corrected chi connectivity index (χ0v) is 21.8. The molecule has 196 valence electrons. The Labute approximate surface area is 222 Å². The second-order valence-corrected chi connectivity index (χ2v) is 10.5. The number of methoxy groups -OCH3 is 1. The summed E-state index contributed by atoms with van der Waals surface area (Å²) in [7, 11) is 3.75. The van der Waals surface area contributed by atoms with Crippen LogP contribution in [0, 0.1) is 5.92 Å². The number of nitrogens with zero attached hydrogens (tertiary/aromatic N) is 5. The lowest BCUT2D eigenvalue weighted by molar-refractivity contribution is -0.116. The van der Waals surface area contributed by atoms with E-state index >= 15 is 0 Å². The van der Waals surface area contributed by atoms with Crippen LogP contribution in [0.2, 0.25) is 0 Å². The maximum atomic E-state index is 12.9. The van der Waals surface area contributed by atoms with Gasteiger partial charge in [0, 0.05) is 12.0 Å². The van der Waals surface area contributed by atoms with Crippen LogP contribution in [0.25, 0.3) is 22.3 Å². The lowest BCUT2D eigenvalue weighted by Gasteiger charge is -2.29. The van der Waals surface area contributed by atoms with Crippen molar-refractivity contribution in [3.8, 4) is 17.0 Å². The molecular formula is C29H33N7O2. The Morgan fingerprint density at radius 1 is 1.13 bits per heavy atom. The predicted molar refractivity (Wildman–Crippen MR) is 148 cm³/mol. The summed E-state index contributed by atoms with van der Waals surface area (Å²) in [5.74, 6) is 1.81. The van der Waals surface area contributed by atoms with Crippen molar-refractivity contribution in [1.29, 1.82) is 0 Å². The summed E-state index contributed by atoms with van der Waals surface area (Å²) in [5.41, 5.74) is 10.6. The molecule has 0 spiro atoms. The van der Waals surface area contributed by atoms with E-state index in [1.165, 1.54) is 11.9 Å². The maximum absolute atomic E-state index is 12.9. The van der Waals surface area contributed by atoms with E-state index in [1.807, 2.05) is 28.9 Å². The minimum absolute atomic E-state index is 0.00544. The molecule has 38 heavy (non-hydrogen) atoms. The van der Waals surface area contributed by atoms with Crippen LogP contribution in [0.1, 0.15) is 43.2 Å². The molecule has 0 bridgehead atoms. The van der Waals surface area contributed by atoms with Crippen LogP contribution < -0.4 is 15.8 Å². The molecular weight excluding hydrogens is 478 g/mol. The van der Waals surface area contributed by atoms with Crippen LogP contribution in [0.15, 0.2) is 54.9 Å². The number of hydrogen-bond acceptors (Lipinski definition) is 7. The molecule has 9 nitrogen and oxygen atoms in total. The number of amides is 1. The van der Waals surface area contributed by atoms with Gasteiger partial charge in [0.2, 0.25) is 5.91 Å². The van der Waals surface area contributed by atoms with E-state index in [4.69, 9.17) is 15.6 Å². The number of nitrogen functional groups attached to an aromatic ring is 1. The van der Waals surface area contributed by atoms with E-state index in [0.29, 0.717) is 35.5 Å². The number of ether oxygens (including phenoxy) is 1. The third-order valence-corrected chi connectivity index (χ3v) is 7.90. The molecule has 0 unspecified atom stereocenters. The number of nitrogens with one attached hydrogen (secondary N) is 1. The van der Waals surface area contributed by atoms with Gasteiger partial charge in [-0.2, -0.15) is 5.10 Å². The quantitative estimate of drug-likeness (QED) is 0.376.